The lowest BCUT2D eigenvalue weighted by molar-refractivity contribution is -0.134. The SMILES string of the molecule is Cc1cc(N2CCN(C(=O)[C@H](C)n3ccnc3C(C)C)CC2)cc(C)n1. The number of hydrogen-bond acceptors (Lipinski definition) is 4. The summed E-state index contributed by atoms with van der Waals surface area (Å²) in [6.45, 7) is 13.4. The highest BCUT2D eigenvalue weighted by atomic mass is 16.2. The normalized spacial score (nSPS) is 16.2. The van der Waals surface area contributed by atoms with Crippen LogP contribution >= 0.6 is 0 Å². The van der Waals surface area contributed by atoms with Crippen molar-refractivity contribution >= 4 is 11.6 Å². The summed E-state index contributed by atoms with van der Waals surface area (Å²) in [5, 5.41) is 0. The second kappa shape index (κ2) is 7.48. The predicted molar refractivity (Wildman–Crippen MR) is 104 cm³/mol. The fourth-order valence-electron chi connectivity index (χ4n) is 3.66. The number of aromatic nitrogens is 3. The fraction of sp³-hybridized carbons (Fsp3) is 0.550. The number of carbonyl (C=O) groups excluding carboxylic acids is 1. The zero-order valence-corrected chi connectivity index (χ0v) is 16.4. The molecule has 6 nitrogen and oxygen atoms in total. The Morgan fingerprint density at radius 2 is 1.65 bits per heavy atom. The van der Waals surface area contributed by atoms with Crippen LogP contribution in [0.1, 0.15) is 49.9 Å². The molecule has 1 aliphatic rings. The van der Waals surface area contributed by atoms with Crippen molar-refractivity contribution in [2.24, 2.45) is 0 Å². The first-order valence-corrected chi connectivity index (χ1v) is 9.38. The quantitative estimate of drug-likeness (QED) is 0.846. The first kappa shape index (κ1) is 18.4. The molecule has 6 heteroatoms. The monoisotopic (exact) mass is 355 g/mol. The Morgan fingerprint density at radius 1 is 1.04 bits per heavy atom. The molecular formula is C20H29N5O. The van der Waals surface area contributed by atoms with Gasteiger partial charge in [0.15, 0.2) is 0 Å². The Hall–Kier alpha value is -2.37. The van der Waals surface area contributed by atoms with Gasteiger partial charge in [-0.3, -0.25) is 9.78 Å². The second-order valence-corrected chi connectivity index (χ2v) is 7.44. The number of amides is 1. The molecule has 0 unspecified atom stereocenters. The van der Waals surface area contributed by atoms with E-state index in [0.717, 1.165) is 43.4 Å². The maximum Gasteiger partial charge on any atom is 0.245 e. The molecule has 0 aliphatic carbocycles. The van der Waals surface area contributed by atoms with E-state index < -0.39 is 0 Å². The van der Waals surface area contributed by atoms with Crippen LogP contribution in [-0.2, 0) is 4.79 Å². The number of hydrogen-bond donors (Lipinski definition) is 0. The number of nitrogens with zero attached hydrogens (tertiary/aromatic N) is 5. The van der Waals surface area contributed by atoms with E-state index in [2.05, 4.69) is 40.8 Å². The molecule has 1 fully saturated rings. The average Bonchev–Trinajstić information content (AvgIpc) is 3.10. The summed E-state index contributed by atoms with van der Waals surface area (Å²) in [7, 11) is 0. The summed E-state index contributed by atoms with van der Waals surface area (Å²) >= 11 is 0. The number of rotatable bonds is 4. The van der Waals surface area contributed by atoms with Gasteiger partial charge in [-0.1, -0.05) is 13.8 Å². The van der Waals surface area contributed by atoms with Gasteiger partial charge in [-0.25, -0.2) is 4.98 Å². The van der Waals surface area contributed by atoms with Crippen LogP contribution in [0.25, 0.3) is 0 Å². The molecule has 1 amide bonds. The molecule has 2 aromatic heterocycles. The van der Waals surface area contributed by atoms with Crippen molar-refractivity contribution in [1.29, 1.82) is 0 Å². The molecule has 0 saturated carbocycles. The fourth-order valence-corrected chi connectivity index (χ4v) is 3.66. The van der Waals surface area contributed by atoms with Crippen molar-refractivity contribution in [3.63, 3.8) is 0 Å². The Bertz CT molecular complexity index is 754. The Kier molecular flexibility index (Phi) is 5.30. The van der Waals surface area contributed by atoms with Crippen LogP contribution in [0.2, 0.25) is 0 Å². The van der Waals surface area contributed by atoms with Crippen molar-refractivity contribution in [3.8, 4) is 0 Å². The summed E-state index contributed by atoms with van der Waals surface area (Å²) in [5.41, 5.74) is 3.27. The number of imidazole rings is 1. The van der Waals surface area contributed by atoms with Gasteiger partial charge in [-0.2, -0.15) is 0 Å². The van der Waals surface area contributed by atoms with Crippen LogP contribution in [0, 0.1) is 13.8 Å². The first-order chi connectivity index (χ1) is 12.4. The summed E-state index contributed by atoms with van der Waals surface area (Å²) < 4.78 is 2.01. The molecule has 1 aliphatic heterocycles. The Morgan fingerprint density at radius 3 is 2.23 bits per heavy atom. The lowest BCUT2D eigenvalue weighted by Crippen LogP contribution is -2.50. The maximum absolute atomic E-state index is 13.0. The van der Waals surface area contributed by atoms with Gasteiger partial charge >= 0.3 is 0 Å². The molecule has 3 rings (SSSR count). The van der Waals surface area contributed by atoms with Gasteiger partial charge in [-0.15, -0.1) is 0 Å². The largest absolute Gasteiger partial charge is 0.368 e. The van der Waals surface area contributed by atoms with Crippen LogP contribution in [0.4, 0.5) is 5.69 Å². The summed E-state index contributed by atoms with van der Waals surface area (Å²) in [6.07, 6.45) is 3.70. The van der Waals surface area contributed by atoms with Crippen molar-refractivity contribution in [3.05, 3.63) is 41.7 Å². The molecule has 0 bridgehead atoms. The van der Waals surface area contributed by atoms with Crippen molar-refractivity contribution in [2.75, 3.05) is 31.1 Å². The van der Waals surface area contributed by atoms with Crippen LogP contribution in [0.5, 0.6) is 0 Å². The van der Waals surface area contributed by atoms with E-state index in [1.165, 1.54) is 5.69 Å². The number of carbonyl (C=O) groups is 1. The third-order valence-corrected chi connectivity index (χ3v) is 5.01. The van der Waals surface area contributed by atoms with Gasteiger partial charge in [0.25, 0.3) is 0 Å². The predicted octanol–water partition coefficient (Wildman–Crippen LogP) is 2.93. The van der Waals surface area contributed by atoms with Gasteiger partial charge < -0.3 is 14.4 Å². The van der Waals surface area contributed by atoms with Gasteiger partial charge in [0.05, 0.1) is 0 Å². The maximum atomic E-state index is 13.0. The Labute approximate surface area is 155 Å². The minimum absolute atomic E-state index is 0.173. The van der Waals surface area contributed by atoms with Gasteiger partial charge in [0, 0.05) is 61.6 Å². The van der Waals surface area contributed by atoms with E-state index in [9.17, 15) is 4.79 Å². The zero-order valence-electron chi connectivity index (χ0n) is 16.4. The molecular weight excluding hydrogens is 326 g/mol. The van der Waals surface area contributed by atoms with Gasteiger partial charge in [0.1, 0.15) is 11.9 Å². The van der Waals surface area contributed by atoms with E-state index in [1.807, 2.05) is 36.4 Å². The molecule has 26 heavy (non-hydrogen) atoms. The molecule has 0 radical (unpaired) electrons. The minimum Gasteiger partial charge on any atom is -0.368 e. The third-order valence-electron chi connectivity index (χ3n) is 5.01. The zero-order chi connectivity index (χ0) is 18.8. The van der Waals surface area contributed by atoms with Crippen LogP contribution in [-0.4, -0.2) is 51.5 Å². The van der Waals surface area contributed by atoms with Crippen LogP contribution in [0.15, 0.2) is 24.5 Å². The second-order valence-electron chi connectivity index (χ2n) is 7.44. The van der Waals surface area contributed by atoms with Crippen molar-refractivity contribution in [1.82, 2.24) is 19.4 Å². The standard InChI is InChI=1S/C20H29N5O/c1-14(2)19-21-6-7-25(19)17(5)20(26)24-10-8-23(9-11-24)18-12-15(3)22-16(4)13-18/h6-7,12-14,17H,8-11H2,1-5H3/t17-/m0/s1. The van der Waals surface area contributed by atoms with E-state index >= 15 is 0 Å². The number of pyridine rings is 1. The number of piperazine rings is 1. The topological polar surface area (TPSA) is 54.3 Å². The third kappa shape index (κ3) is 3.74. The van der Waals surface area contributed by atoms with Gasteiger partial charge in [0.2, 0.25) is 5.91 Å². The lowest BCUT2D eigenvalue weighted by Gasteiger charge is -2.37. The van der Waals surface area contributed by atoms with Crippen molar-refractivity contribution in [2.45, 2.75) is 46.6 Å². The average molecular weight is 355 g/mol. The molecule has 0 spiro atoms. The molecule has 3 heterocycles. The summed E-state index contributed by atoms with van der Waals surface area (Å²) in [6, 6.07) is 4.02. The summed E-state index contributed by atoms with van der Waals surface area (Å²) in [5.74, 6) is 1.44. The van der Waals surface area contributed by atoms with E-state index in [-0.39, 0.29) is 11.9 Å². The number of anilines is 1. The molecule has 2 aromatic rings. The van der Waals surface area contributed by atoms with Crippen molar-refractivity contribution < 1.29 is 4.79 Å². The molecule has 0 aromatic carbocycles. The molecule has 1 atom stereocenters. The number of aryl methyl sites for hydroxylation is 2. The van der Waals surface area contributed by atoms with Gasteiger partial charge in [-0.05, 0) is 32.9 Å². The molecule has 1 saturated heterocycles. The van der Waals surface area contributed by atoms with Crippen LogP contribution < -0.4 is 4.90 Å². The minimum atomic E-state index is -0.216. The van der Waals surface area contributed by atoms with Crippen LogP contribution in [0.3, 0.4) is 0 Å². The lowest BCUT2D eigenvalue weighted by atomic mass is 10.1. The van der Waals surface area contributed by atoms with E-state index in [4.69, 9.17) is 0 Å². The molecule has 0 N–H and O–H groups in total. The highest BCUT2D eigenvalue weighted by Gasteiger charge is 2.27. The first-order valence-electron chi connectivity index (χ1n) is 9.38. The highest BCUT2D eigenvalue weighted by Crippen LogP contribution is 2.22. The van der Waals surface area contributed by atoms with E-state index in [0.29, 0.717) is 5.92 Å². The molecule has 140 valence electrons. The van der Waals surface area contributed by atoms with E-state index in [1.54, 1.807) is 6.20 Å². The summed E-state index contributed by atoms with van der Waals surface area (Å²) in [4.78, 5) is 26.1. The Balaban J connectivity index is 1.65. The smallest absolute Gasteiger partial charge is 0.245 e. The highest BCUT2D eigenvalue weighted by molar-refractivity contribution is 5.80.